The fourth-order valence-electron chi connectivity index (χ4n) is 3.83. The van der Waals surface area contributed by atoms with E-state index >= 15 is 0 Å². The molecule has 0 aromatic heterocycles. The molecule has 2 atom stereocenters. The first kappa shape index (κ1) is 19.5. The number of halogens is 3. The van der Waals surface area contributed by atoms with E-state index in [9.17, 15) is 18.0 Å². The second-order valence-electron chi connectivity index (χ2n) is 7.11. The van der Waals surface area contributed by atoms with E-state index < -0.39 is 23.4 Å². The molecule has 2 bridgehead atoms. The number of methoxy groups -OCH3 is 1. The van der Waals surface area contributed by atoms with Gasteiger partial charge in [-0.1, -0.05) is 6.07 Å². The van der Waals surface area contributed by atoms with E-state index in [1.807, 2.05) is 0 Å². The van der Waals surface area contributed by atoms with Gasteiger partial charge in [-0.05, 0) is 55.5 Å². The van der Waals surface area contributed by atoms with Crippen LogP contribution in [0, 0.1) is 0 Å². The zero-order valence-corrected chi connectivity index (χ0v) is 16.4. The molecular weight excluding hydrogens is 405 g/mol. The van der Waals surface area contributed by atoms with Crippen molar-refractivity contribution >= 4 is 29.0 Å². The summed E-state index contributed by atoms with van der Waals surface area (Å²) in [6, 6.07) is 9.65. The zero-order valence-electron chi connectivity index (χ0n) is 15.5. The lowest BCUT2D eigenvalue weighted by Crippen LogP contribution is -2.65. The molecule has 2 aliphatic rings. The van der Waals surface area contributed by atoms with Crippen LogP contribution in [0.2, 0.25) is 0 Å². The Kier molecular flexibility index (Phi) is 4.45. The molecule has 5 nitrogen and oxygen atoms in total. The van der Waals surface area contributed by atoms with E-state index in [2.05, 4.69) is 5.32 Å². The second-order valence-corrected chi connectivity index (χ2v) is 7.50. The molecule has 0 amide bonds. The summed E-state index contributed by atoms with van der Waals surface area (Å²) < 4.78 is 50.5. The fraction of sp³-hybridized carbons (Fsp3) is 0.300. The number of carbonyl (C=O) groups is 1. The normalized spacial score (nSPS) is 23.0. The monoisotopic (exact) mass is 422 g/mol. The summed E-state index contributed by atoms with van der Waals surface area (Å²) >= 11 is 5.47. The lowest BCUT2D eigenvalue weighted by molar-refractivity contribution is -0.137. The molecule has 2 aromatic rings. The van der Waals surface area contributed by atoms with Crippen molar-refractivity contribution in [3.05, 3.63) is 59.2 Å². The van der Waals surface area contributed by atoms with Crippen LogP contribution in [-0.2, 0) is 10.9 Å². The van der Waals surface area contributed by atoms with Crippen molar-refractivity contribution in [1.29, 1.82) is 0 Å². The zero-order chi connectivity index (χ0) is 21.0. The number of hydrogen-bond acceptors (Lipinski definition) is 4. The standard InChI is InChI=1S/C20H17F3N2O3S/c1-19-10-15(14-8-11(17(26)27-2)6-7-16(14)28-19)24-18(29)25(19)13-5-3-4-12(9-13)20(21,22)23/h3-9,15H,10H2,1-2H3,(H,24,29)/t15-,19-/m1/s1. The van der Waals surface area contributed by atoms with Gasteiger partial charge < -0.3 is 14.8 Å². The largest absolute Gasteiger partial charge is 0.467 e. The maximum absolute atomic E-state index is 13.2. The predicted molar refractivity (Wildman–Crippen MR) is 104 cm³/mol. The number of alkyl halides is 3. The number of nitrogens with one attached hydrogen (secondary N) is 1. The Morgan fingerprint density at radius 3 is 2.76 bits per heavy atom. The van der Waals surface area contributed by atoms with Crippen LogP contribution in [0.4, 0.5) is 18.9 Å². The molecule has 2 heterocycles. The summed E-state index contributed by atoms with van der Waals surface area (Å²) in [6.07, 6.45) is -4.05. The van der Waals surface area contributed by atoms with E-state index in [4.69, 9.17) is 21.7 Å². The van der Waals surface area contributed by atoms with Crippen molar-refractivity contribution in [2.24, 2.45) is 0 Å². The van der Waals surface area contributed by atoms with Crippen molar-refractivity contribution in [2.45, 2.75) is 31.3 Å². The van der Waals surface area contributed by atoms with Crippen molar-refractivity contribution in [3.8, 4) is 5.75 Å². The van der Waals surface area contributed by atoms with Crippen LogP contribution in [0.15, 0.2) is 42.5 Å². The number of rotatable bonds is 2. The van der Waals surface area contributed by atoms with Crippen LogP contribution in [-0.4, -0.2) is 23.9 Å². The highest BCUT2D eigenvalue weighted by molar-refractivity contribution is 7.80. The third-order valence-electron chi connectivity index (χ3n) is 5.12. The summed E-state index contributed by atoms with van der Waals surface area (Å²) in [5.74, 6) is 0.0634. The van der Waals surface area contributed by atoms with E-state index in [1.165, 1.54) is 13.2 Å². The van der Waals surface area contributed by atoms with Gasteiger partial charge in [0.2, 0.25) is 0 Å². The van der Waals surface area contributed by atoms with Gasteiger partial charge in [-0.3, -0.25) is 4.90 Å². The van der Waals surface area contributed by atoms with Crippen LogP contribution in [0.25, 0.3) is 0 Å². The van der Waals surface area contributed by atoms with Gasteiger partial charge >= 0.3 is 12.1 Å². The molecule has 0 saturated carbocycles. The second kappa shape index (κ2) is 6.62. The molecule has 2 aromatic carbocycles. The number of anilines is 1. The smallest absolute Gasteiger partial charge is 0.416 e. The molecule has 0 aliphatic carbocycles. The van der Waals surface area contributed by atoms with Gasteiger partial charge in [0.1, 0.15) is 5.75 Å². The number of ether oxygens (including phenoxy) is 2. The van der Waals surface area contributed by atoms with Gasteiger partial charge in [-0.25, -0.2) is 4.79 Å². The van der Waals surface area contributed by atoms with Crippen molar-refractivity contribution in [2.75, 3.05) is 12.0 Å². The molecule has 0 unspecified atom stereocenters. The number of nitrogens with zero attached hydrogens (tertiary/aromatic N) is 1. The minimum absolute atomic E-state index is 0.247. The lowest BCUT2D eigenvalue weighted by atomic mass is 9.89. The summed E-state index contributed by atoms with van der Waals surface area (Å²) in [5.41, 5.74) is -0.338. The minimum atomic E-state index is -4.46. The molecule has 152 valence electrons. The molecule has 29 heavy (non-hydrogen) atoms. The molecular formula is C20H17F3N2O3S. The first-order chi connectivity index (χ1) is 13.6. The summed E-state index contributed by atoms with van der Waals surface area (Å²) in [7, 11) is 1.30. The Balaban J connectivity index is 1.74. The van der Waals surface area contributed by atoms with Crippen molar-refractivity contribution in [3.63, 3.8) is 0 Å². The Hall–Kier alpha value is -2.81. The van der Waals surface area contributed by atoms with Crippen LogP contribution in [0.3, 0.4) is 0 Å². The van der Waals surface area contributed by atoms with Gasteiger partial charge in [0.25, 0.3) is 0 Å². The third-order valence-corrected chi connectivity index (χ3v) is 5.42. The Morgan fingerprint density at radius 2 is 2.07 bits per heavy atom. The summed E-state index contributed by atoms with van der Waals surface area (Å²) in [5, 5.41) is 3.41. The quantitative estimate of drug-likeness (QED) is 0.571. The number of fused-ring (bicyclic) bond motifs is 4. The fourth-order valence-corrected chi connectivity index (χ4v) is 4.27. The highest BCUT2D eigenvalue weighted by Gasteiger charge is 2.48. The lowest BCUT2D eigenvalue weighted by Gasteiger charge is -2.52. The first-order valence-electron chi connectivity index (χ1n) is 8.82. The van der Waals surface area contributed by atoms with Gasteiger partial charge in [-0.15, -0.1) is 0 Å². The van der Waals surface area contributed by atoms with Gasteiger partial charge in [0, 0.05) is 17.7 Å². The Morgan fingerprint density at radius 1 is 1.31 bits per heavy atom. The SMILES string of the molecule is COC(=O)c1ccc2c(c1)[C@H]1C[C@@](C)(O2)N(c2cccc(C(F)(F)F)c2)C(=S)N1. The number of carbonyl (C=O) groups excluding carboxylic acids is 1. The van der Waals surface area contributed by atoms with E-state index in [-0.39, 0.29) is 16.8 Å². The summed E-state index contributed by atoms with van der Waals surface area (Å²) in [6.45, 7) is 1.78. The molecule has 0 radical (unpaired) electrons. The van der Waals surface area contributed by atoms with Crippen LogP contribution >= 0.6 is 12.2 Å². The van der Waals surface area contributed by atoms with Crippen LogP contribution in [0.5, 0.6) is 5.75 Å². The highest BCUT2D eigenvalue weighted by atomic mass is 32.1. The van der Waals surface area contributed by atoms with Crippen LogP contribution < -0.4 is 15.0 Å². The Labute approximate surface area is 170 Å². The predicted octanol–water partition coefficient (Wildman–Crippen LogP) is 4.43. The highest BCUT2D eigenvalue weighted by Crippen LogP contribution is 2.46. The molecule has 2 aliphatic heterocycles. The topological polar surface area (TPSA) is 50.8 Å². The first-order valence-corrected chi connectivity index (χ1v) is 9.22. The average molecular weight is 422 g/mol. The third kappa shape index (κ3) is 3.29. The molecule has 1 N–H and O–H groups in total. The molecule has 1 saturated heterocycles. The van der Waals surface area contributed by atoms with E-state index in [0.29, 0.717) is 17.7 Å². The van der Waals surface area contributed by atoms with E-state index in [0.717, 1.165) is 17.7 Å². The van der Waals surface area contributed by atoms with Gasteiger partial charge in [0.15, 0.2) is 10.8 Å². The maximum atomic E-state index is 13.2. The molecule has 4 rings (SSSR count). The maximum Gasteiger partial charge on any atom is 0.416 e. The molecule has 1 fully saturated rings. The molecule has 9 heteroatoms. The van der Waals surface area contributed by atoms with Crippen molar-refractivity contribution in [1.82, 2.24) is 5.32 Å². The number of esters is 1. The van der Waals surface area contributed by atoms with E-state index in [1.54, 1.807) is 36.1 Å². The van der Waals surface area contributed by atoms with Gasteiger partial charge in [0.05, 0.1) is 24.3 Å². The van der Waals surface area contributed by atoms with Gasteiger partial charge in [-0.2, -0.15) is 13.2 Å². The Bertz CT molecular complexity index is 1010. The molecule has 0 spiro atoms. The number of hydrogen-bond donors (Lipinski definition) is 1. The number of benzene rings is 2. The summed E-state index contributed by atoms with van der Waals surface area (Å²) in [4.78, 5) is 13.4. The minimum Gasteiger partial charge on any atom is -0.467 e. The number of thiocarbonyl (C=S) groups is 1. The van der Waals surface area contributed by atoms with Crippen LogP contribution in [0.1, 0.15) is 40.9 Å². The average Bonchev–Trinajstić information content (AvgIpc) is 2.66. The van der Waals surface area contributed by atoms with Crippen molar-refractivity contribution < 1.29 is 27.4 Å².